The maximum atomic E-state index is 5.48. The zero-order valence-corrected chi connectivity index (χ0v) is 10.7. The van der Waals surface area contributed by atoms with E-state index < -0.39 is 0 Å². The summed E-state index contributed by atoms with van der Waals surface area (Å²) >= 11 is 0. The topological polar surface area (TPSA) is 30.5 Å². The predicted octanol–water partition coefficient (Wildman–Crippen LogP) is 2.94. The third kappa shape index (κ3) is 2.91. The Morgan fingerprint density at radius 3 is 2.82 bits per heavy atom. The van der Waals surface area contributed by atoms with Crippen molar-refractivity contribution < 1.29 is 9.47 Å². The minimum atomic E-state index is 0.346. The Hall–Kier alpha value is -1.22. The maximum absolute atomic E-state index is 5.48. The molecular formula is C14H21NO2. The molecule has 2 rings (SSSR count). The molecule has 1 aliphatic rings. The molecule has 94 valence electrons. The number of nitrogens with one attached hydrogen (secondary N) is 1. The Balaban J connectivity index is 1.89. The minimum absolute atomic E-state index is 0.346. The lowest BCUT2D eigenvalue weighted by molar-refractivity contribution is 0.173. The van der Waals surface area contributed by atoms with Crippen LogP contribution in [-0.2, 0) is 6.54 Å². The van der Waals surface area contributed by atoms with E-state index in [1.54, 1.807) is 0 Å². The van der Waals surface area contributed by atoms with Crippen LogP contribution in [0.1, 0.15) is 32.3 Å². The fraction of sp³-hybridized carbons (Fsp3) is 0.571. The standard InChI is InChI=1S/C14H21NO2/c1-3-11(4-2)8-15-9-12-6-5-7-13-14(12)17-10-16-13/h5-7,11,15H,3-4,8-10H2,1-2H3. The average molecular weight is 235 g/mol. The molecule has 3 heteroatoms. The van der Waals surface area contributed by atoms with Gasteiger partial charge in [-0.2, -0.15) is 0 Å². The van der Waals surface area contributed by atoms with Crippen molar-refractivity contribution >= 4 is 0 Å². The highest BCUT2D eigenvalue weighted by Gasteiger charge is 2.16. The van der Waals surface area contributed by atoms with Gasteiger partial charge in [0.05, 0.1) is 0 Å². The van der Waals surface area contributed by atoms with Gasteiger partial charge in [0.25, 0.3) is 0 Å². The SMILES string of the molecule is CCC(CC)CNCc1cccc2c1OCO2. The Morgan fingerprint density at radius 2 is 2.06 bits per heavy atom. The first kappa shape index (κ1) is 12.2. The number of hydrogen-bond acceptors (Lipinski definition) is 3. The molecular weight excluding hydrogens is 214 g/mol. The number of benzene rings is 1. The van der Waals surface area contributed by atoms with Crippen LogP contribution in [0.4, 0.5) is 0 Å². The molecule has 0 aromatic heterocycles. The number of ether oxygens (including phenoxy) is 2. The van der Waals surface area contributed by atoms with Crippen LogP contribution >= 0.6 is 0 Å². The van der Waals surface area contributed by atoms with Crippen LogP contribution in [0.5, 0.6) is 11.5 Å². The molecule has 0 atom stereocenters. The van der Waals surface area contributed by atoms with Crippen molar-refractivity contribution in [2.45, 2.75) is 33.2 Å². The van der Waals surface area contributed by atoms with Gasteiger partial charge >= 0.3 is 0 Å². The third-order valence-corrected chi connectivity index (χ3v) is 3.38. The van der Waals surface area contributed by atoms with Crippen LogP contribution in [0, 0.1) is 5.92 Å². The monoisotopic (exact) mass is 235 g/mol. The van der Waals surface area contributed by atoms with Gasteiger partial charge in [0, 0.05) is 12.1 Å². The van der Waals surface area contributed by atoms with E-state index >= 15 is 0 Å². The first-order chi connectivity index (χ1) is 8.35. The normalized spacial score (nSPS) is 13.4. The van der Waals surface area contributed by atoms with Crippen LogP contribution in [0.3, 0.4) is 0 Å². The van der Waals surface area contributed by atoms with Crippen molar-refractivity contribution in [2.24, 2.45) is 5.92 Å². The molecule has 0 saturated carbocycles. The van der Waals surface area contributed by atoms with Crippen molar-refractivity contribution in [3.8, 4) is 11.5 Å². The summed E-state index contributed by atoms with van der Waals surface area (Å²) in [5.41, 5.74) is 1.19. The van der Waals surface area contributed by atoms with Crippen LogP contribution in [0.15, 0.2) is 18.2 Å². The molecule has 0 spiro atoms. The predicted molar refractivity (Wildman–Crippen MR) is 68.3 cm³/mol. The Kier molecular flexibility index (Phi) is 4.26. The number of rotatable bonds is 6. The molecule has 0 aliphatic carbocycles. The Labute approximate surface area is 103 Å². The second-order valence-corrected chi connectivity index (χ2v) is 4.46. The van der Waals surface area contributed by atoms with E-state index in [1.165, 1.54) is 18.4 Å². The van der Waals surface area contributed by atoms with Crippen LogP contribution in [0.2, 0.25) is 0 Å². The smallest absolute Gasteiger partial charge is 0.231 e. The minimum Gasteiger partial charge on any atom is -0.454 e. The lowest BCUT2D eigenvalue weighted by Gasteiger charge is -2.13. The van der Waals surface area contributed by atoms with E-state index in [-0.39, 0.29) is 0 Å². The number of hydrogen-bond donors (Lipinski definition) is 1. The molecule has 0 bridgehead atoms. The van der Waals surface area contributed by atoms with Crippen molar-refractivity contribution in [1.29, 1.82) is 0 Å². The quantitative estimate of drug-likeness (QED) is 0.822. The molecule has 3 nitrogen and oxygen atoms in total. The van der Waals surface area contributed by atoms with Gasteiger partial charge in [-0.25, -0.2) is 0 Å². The van der Waals surface area contributed by atoms with E-state index in [9.17, 15) is 0 Å². The van der Waals surface area contributed by atoms with Crippen LogP contribution < -0.4 is 14.8 Å². The summed E-state index contributed by atoms with van der Waals surface area (Å²) in [5, 5.41) is 3.50. The molecule has 1 aliphatic heterocycles. The molecule has 1 aromatic carbocycles. The van der Waals surface area contributed by atoms with Crippen molar-refractivity contribution in [2.75, 3.05) is 13.3 Å². The van der Waals surface area contributed by atoms with Gasteiger partial charge in [-0.1, -0.05) is 38.8 Å². The first-order valence-corrected chi connectivity index (χ1v) is 6.43. The zero-order valence-electron chi connectivity index (χ0n) is 10.7. The summed E-state index contributed by atoms with van der Waals surface area (Å²) < 4.78 is 10.8. The van der Waals surface area contributed by atoms with Crippen LogP contribution in [-0.4, -0.2) is 13.3 Å². The van der Waals surface area contributed by atoms with Crippen LogP contribution in [0.25, 0.3) is 0 Å². The van der Waals surface area contributed by atoms with E-state index in [2.05, 4.69) is 25.2 Å². The van der Waals surface area contributed by atoms with E-state index in [1.807, 2.05) is 12.1 Å². The van der Waals surface area contributed by atoms with Gasteiger partial charge in [-0.3, -0.25) is 0 Å². The van der Waals surface area contributed by atoms with Gasteiger partial charge < -0.3 is 14.8 Å². The Morgan fingerprint density at radius 1 is 1.24 bits per heavy atom. The largest absolute Gasteiger partial charge is 0.454 e. The van der Waals surface area contributed by atoms with Gasteiger partial charge in [-0.05, 0) is 18.5 Å². The van der Waals surface area contributed by atoms with E-state index in [0.717, 1.165) is 30.5 Å². The van der Waals surface area contributed by atoms with Gasteiger partial charge in [0.15, 0.2) is 11.5 Å². The summed E-state index contributed by atoms with van der Waals surface area (Å²) in [6.07, 6.45) is 2.46. The van der Waals surface area contributed by atoms with E-state index in [4.69, 9.17) is 9.47 Å². The molecule has 0 unspecified atom stereocenters. The molecule has 1 aromatic rings. The fourth-order valence-electron chi connectivity index (χ4n) is 2.12. The third-order valence-electron chi connectivity index (χ3n) is 3.38. The summed E-state index contributed by atoms with van der Waals surface area (Å²) in [5.74, 6) is 2.54. The molecule has 17 heavy (non-hydrogen) atoms. The van der Waals surface area contributed by atoms with Gasteiger partial charge in [-0.15, -0.1) is 0 Å². The zero-order chi connectivity index (χ0) is 12.1. The maximum Gasteiger partial charge on any atom is 0.231 e. The molecule has 0 amide bonds. The van der Waals surface area contributed by atoms with E-state index in [0.29, 0.717) is 6.79 Å². The van der Waals surface area contributed by atoms with Gasteiger partial charge in [0.1, 0.15) is 0 Å². The molecule has 1 N–H and O–H groups in total. The second kappa shape index (κ2) is 5.92. The van der Waals surface area contributed by atoms with Crippen molar-refractivity contribution in [1.82, 2.24) is 5.32 Å². The molecule has 0 fully saturated rings. The van der Waals surface area contributed by atoms with Crippen molar-refractivity contribution in [3.05, 3.63) is 23.8 Å². The number of fused-ring (bicyclic) bond motifs is 1. The summed E-state index contributed by atoms with van der Waals surface area (Å²) in [7, 11) is 0. The second-order valence-electron chi connectivity index (χ2n) is 4.46. The Bertz CT molecular complexity index is 361. The molecule has 0 radical (unpaired) electrons. The highest BCUT2D eigenvalue weighted by Crippen LogP contribution is 2.35. The summed E-state index contributed by atoms with van der Waals surface area (Å²) in [6, 6.07) is 6.06. The lowest BCUT2D eigenvalue weighted by atomic mass is 10.0. The molecule has 1 heterocycles. The highest BCUT2D eigenvalue weighted by atomic mass is 16.7. The highest BCUT2D eigenvalue weighted by molar-refractivity contribution is 5.48. The first-order valence-electron chi connectivity index (χ1n) is 6.43. The van der Waals surface area contributed by atoms with Crippen molar-refractivity contribution in [3.63, 3.8) is 0 Å². The fourth-order valence-corrected chi connectivity index (χ4v) is 2.12. The summed E-state index contributed by atoms with van der Waals surface area (Å²) in [6.45, 7) is 6.75. The van der Waals surface area contributed by atoms with Gasteiger partial charge in [0.2, 0.25) is 6.79 Å². The lowest BCUT2D eigenvalue weighted by Crippen LogP contribution is -2.21. The molecule has 0 saturated heterocycles. The average Bonchev–Trinajstić information content (AvgIpc) is 2.83. The summed E-state index contributed by atoms with van der Waals surface area (Å²) in [4.78, 5) is 0. The number of para-hydroxylation sites is 1.